The van der Waals surface area contributed by atoms with Gasteiger partial charge in [0.1, 0.15) is 11.6 Å². The molecule has 27 heavy (non-hydrogen) atoms. The molecule has 0 aliphatic carbocycles. The van der Waals surface area contributed by atoms with Crippen LogP contribution in [0.5, 0.6) is 0 Å². The lowest BCUT2D eigenvalue weighted by atomic mass is 10.1. The van der Waals surface area contributed by atoms with Gasteiger partial charge in [0.05, 0.1) is 0 Å². The van der Waals surface area contributed by atoms with Crippen molar-refractivity contribution >= 4 is 18.0 Å². The number of amides is 2. The van der Waals surface area contributed by atoms with Crippen LogP contribution >= 0.6 is 0 Å². The number of rotatable bonds is 6. The number of benzene rings is 1. The molecule has 2 rings (SSSR count). The lowest BCUT2D eigenvalue weighted by Crippen LogP contribution is -2.49. The molecule has 0 aromatic heterocycles. The molecule has 2 amide bonds. The zero-order valence-corrected chi connectivity index (χ0v) is 15.8. The second-order valence-electron chi connectivity index (χ2n) is 7.43. The second kappa shape index (κ2) is 8.85. The van der Waals surface area contributed by atoms with Gasteiger partial charge in [-0.25, -0.2) is 9.59 Å². The van der Waals surface area contributed by atoms with Crippen molar-refractivity contribution in [2.75, 3.05) is 6.54 Å². The zero-order valence-electron chi connectivity index (χ0n) is 15.8. The molecule has 148 valence electrons. The van der Waals surface area contributed by atoms with Crippen molar-refractivity contribution in [2.45, 2.75) is 57.8 Å². The number of likely N-dealkylation sites (tertiary alicyclic amines) is 1. The third kappa shape index (κ3) is 6.25. The average Bonchev–Trinajstić information content (AvgIpc) is 3.07. The summed E-state index contributed by atoms with van der Waals surface area (Å²) in [4.78, 5) is 42.8. The van der Waals surface area contributed by atoms with Gasteiger partial charge in [0.15, 0.2) is 6.10 Å². The third-order valence-corrected chi connectivity index (χ3v) is 4.04. The monoisotopic (exact) mass is 378 g/mol. The summed E-state index contributed by atoms with van der Waals surface area (Å²) in [6, 6.07) is 8.29. The highest BCUT2D eigenvalue weighted by atomic mass is 16.7. The van der Waals surface area contributed by atoms with Gasteiger partial charge >= 0.3 is 12.1 Å². The first-order valence-electron chi connectivity index (χ1n) is 8.89. The first-order chi connectivity index (χ1) is 12.7. The molecular weight excluding hydrogens is 352 g/mol. The van der Waals surface area contributed by atoms with E-state index in [-0.39, 0.29) is 6.42 Å². The van der Waals surface area contributed by atoms with Crippen LogP contribution in [-0.2, 0) is 25.6 Å². The van der Waals surface area contributed by atoms with Gasteiger partial charge in [-0.15, -0.1) is 0 Å². The first kappa shape index (κ1) is 20.7. The fraction of sp³-hybridized carbons (Fsp3) is 0.526. The Kier molecular flexibility index (Phi) is 6.79. The van der Waals surface area contributed by atoms with Gasteiger partial charge in [-0.1, -0.05) is 30.3 Å². The van der Waals surface area contributed by atoms with Crippen LogP contribution in [0.25, 0.3) is 0 Å². The quantitative estimate of drug-likeness (QED) is 0.735. The number of aliphatic carboxylic acids is 1. The minimum atomic E-state index is -1.06. The number of hydrogen-bond donors (Lipinski definition) is 2. The topological polar surface area (TPSA) is 105 Å². The van der Waals surface area contributed by atoms with E-state index in [2.05, 4.69) is 5.48 Å². The second-order valence-corrected chi connectivity index (χ2v) is 7.43. The number of carbonyl (C=O) groups excluding carboxylic acids is 2. The van der Waals surface area contributed by atoms with Crippen LogP contribution in [0, 0.1) is 0 Å². The molecule has 2 N–H and O–H groups in total. The molecule has 0 saturated carbocycles. The maximum Gasteiger partial charge on any atom is 0.431 e. The summed E-state index contributed by atoms with van der Waals surface area (Å²) in [5.74, 6) is -1.51. The van der Waals surface area contributed by atoms with E-state index in [4.69, 9.17) is 9.57 Å². The lowest BCUT2D eigenvalue weighted by molar-refractivity contribution is -0.156. The van der Waals surface area contributed by atoms with Crippen LogP contribution < -0.4 is 5.48 Å². The van der Waals surface area contributed by atoms with Crippen LogP contribution in [0.15, 0.2) is 30.3 Å². The van der Waals surface area contributed by atoms with Gasteiger partial charge in [0.2, 0.25) is 0 Å². The molecule has 1 unspecified atom stereocenters. The summed E-state index contributed by atoms with van der Waals surface area (Å²) in [5.41, 5.74) is 2.27. The molecule has 1 heterocycles. The molecule has 1 aromatic carbocycles. The van der Waals surface area contributed by atoms with Crippen LogP contribution in [0.3, 0.4) is 0 Å². The molecule has 0 radical (unpaired) electrons. The summed E-state index contributed by atoms with van der Waals surface area (Å²) < 4.78 is 5.11. The van der Waals surface area contributed by atoms with Gasteiger partial charge in [-0.05, 0) is 39.2 Å². The molecule has 1 aliphatic rings. The minimum Gasteiger partial charge on any atom is -0.480 e. The minimum absolute atomic E-state index is 0.193. The average molecular weight is 378 g/mol. The molecule has 8 heteroatoms. The Morgan fingerprint density at radius 3 is 2.52 bits per heavy atom. The number of nitrogens with one attached hydrogen (secondary N) is 1. The Morgan fingerprint density at radius 1 is 1.26 bits per heavy atom. The maximum atomic E-state index is 12.9. The molecule has 0 bridgehead atoms. The standard InChI is InChI=1S/C19H26N2O6/c1-19(2,3)26-18(25)20-27-15(12-13-8-5-4-6-9-13)16(22)21-11-7-10-14(21)17(23)24/h4-6,8-9,14-15H,7,10-12H2,1-3H3,(H,20,25)(H,23,24)/t14-,15?/m0/s1. The van der Waals surface area contributed by atoms with E-state index in [9.17, 15) is 19.5 Å². The number of hydroxylamine groups is 1. The third-order valence-electron chi connectivity index (χ3n) is 4.04. The number of carboxylic acids is 1. The molecular formula is C19H26N2O6. The molecule has 1 fully saturated rings. The molecule has 1 aliphatic heterocycles. The normalized spacial score (nSPS) is 18.0. The molecule has 8 nitrogen and oxygen atoms in total. The fourth-order valence-electron chi connectivity index (χ4n) is 2.90. The van der Waals surface area contributed by atoms with Crippen LogP contribution in [0.1, 0.15) is 39.2 Å². The highest BCUT2D eigenvalue weighted by molar-refractivity contribution is 5.87. The van der Waals surface area contributed by atoms with E-state index in [1.54, 1.807) is 20.8 Å². The first-order valence-corrected chi connectivity index (χ1v) is 8.89. The predicted molar refractivity (Wildman–Crippen MR) is 96.8 cm³/mol. The summed E-state index contributed by atoms with van der Waals surface area (Å²) in [5, 5.41) is 9.33. The Balaban J connectivity index is 2.10. The highest BCUT2D eigenvalue weighted by Gasteiger charge is 2.38. The van der Waals surface area contributed by atoms with E-state index in [1.165, 1.54) is 4.90 Å². The Hall–Kier alpha value is -2.61. The lowest BCUT2D eigenvalue weighted by Gasteiger charge is -2.27. The molecule has 1 aromatic rings. The highest BCUT2D eigenvalue weighted by Crippen LogP contribution is 2.20. The van der Waals surface area contributed by atoms with Crippen molar-refractivity contribution in [3.8, 4) is 0 Å². The van der Waals surface area contributed by atoms with Crippen molar-refractivity contribution in [1.29, 1.82) is 0 Å². The van der Waals surface area contributed by atoms with Gasteiger partial charge in [-0.3, -0.25) is 9.63 Å². The van der Waals surface area contributed by atoms with E-state index in [1.807, 2.05) is 30.3 Å². The van der Waals surface area contributed by atoms with Crippen molar-refractivity contribution < 1.29 is 29.1 Å². The Morgan fingerprint density at radius 2 is 1.93 bits per heavy atom. The van der Waals surface area contributed by atoms with Gasteiger partial charge < -0.3 is 14.7 Å². The van der Waals surface area contributed by atoms with E-state index in [0.717, 1.165) is 5.56 Å². The van der Waals surface area contributed by atoms with Gasteiger partial charge in [-0.2, -0.15) is 5.48 Å². The fourth-order valence-corrected chi connectivity index (χ4v) is 2.90. The van der Waals surface area contributed by atoms with Gasteiger partial charge in [0, 0.05) is 13.0 Å². The van der Waals surface area contributed by atoms with E-state index >= 15 is 0 Å². The van der Waals surface area contributed by atoms with Gasteiger partial charge in [0.25, 0.3) is 5.91 Å². The van der Waals surface area contributed by atoms with E-state index < -0.39 is 35.7 Å². The van der Waals surface area contributed by atoms with E-state index in [0.29, 0.717) is 19.4 Å². The number of carboxylic acid groups (broad SMARTS) is 1. The maximum absolute atomic E-state index is 12.9. The number of carbonyl (C=O) groups is 3. The largest absolute Gasteiger partial charge is 0.480 e. The van der Waals surface area contributed by atoms with Crippen molar-refractivity contribution in [3.63, 3.8) is 0 Å². The summed E-state index contributed by atoms with van der Waals surface area (Å²) in [6.45, 7) is 5.47. The number of nitrogens with zero attached hydrogens (tertiary/aromatic N) is 1. The van der Waals surface area contributed by atoms with Crippen molar-refractivity contribution in [3.05, 3.63) is 35.9 Å². The summed E-state index contributed by atoms with van der Waals surface area (Å²) in [6.07, 6.45) is -0.665. The smallest absolute Gasteiger partial charge is 0.431 e. The number of ether oxygens (including phenoxy) is 1. The Bertz CT molecular complexity index is 671. The molecule has 2 atom stereocenters. The van der Waals surface area contributed by atoms with Crippen LogP contribution in [0.4, 0.5) is 4.79 Å². The SMILES string of the molecule is CC(C)(C)OC(=O)NOC(Cc1ccccc1)C(=O)N1CCC[C@H]1C(=O)O. The van der Waals surface area contributed by atoms with Crippen LogP contribution in [-0.4, -0.2) is 52.3 Å². The van der Waals surface area contributed by atoms with Crippen molar-refractivity contribution in [2.24, 2.45) is 0 Å². The number of hydrogen-bond acceptors (Lipinski definition) is 5. The predicted octanol–water partition coefficient (Wildman–Crippen LogP) is 2.13. The van der Waals surface area contributed by atoms with Crippen molar-refractivity contribution in [1.82, 2.24) is 10.4 Å². The zero-order chi connectivity index (χ0) is 20.0. The molecule has 1 saturated heterocycles. The summed E-state index contributed by atoms with van der Waals surface area (Å²) in [7, 11) is 0. The summed E-state index contributed by atoms with van der Waals surface area (Å²) >= 11 is 0. The Labute approximate surface area is 158 Å². The molecule has 0 spiro atoms. The van der Waals surface area contributed by atoms with Crippen LogP contribution in [0.2, 0.25) is 0 Å².